The molecule has 0 unspecified atom stereocenters. The quantitative estimate of drug-likeness (QED) is 0.707. The van der Waals surface area contributed by atoms with E-state index in [1.165, 1.54) is 6.07 Å². The highest BCUT2D eigenvalue weighted by molar-refractivity contribution is 5.20. The van der Waals surface area contributed by atoms with Gasteiger partial charge >= 0.3 is 0 Å². The summed E-state index contributed by atoms with van der Waals surface area (Å²) in [5.41, 5.74) is 1.03. The summed E-state index contributed by atoms with van der Waals surface area (Å²) in [7, 11) is 0. The van der Waals surface area contributed by atoms with Gasteiger partial charge in [-0.05, 0) is 37.2 Å². The van der Waals surface area contributed by atoms with Crippen molar-refractivity contribution >= 4 is 0 Å². The topological polar surface area (TPSA) is 24.1 Å². The van der Waals surface area contributed by atoms with Gasteiger partial charge in [-0.25, -0.2) is 4.39 Å². The molecule has 0 spiro atoms. The summed E-state index contributed by atoms with van der Waals surface area (Å²) in [5.74, 6) is -0.159. The maximum atomic E-state index is 13.0. The van der Waals surface area contributed by atoms with Gasteiger partial charge in [0.2, 0.25) is 0 Å². The lowest BCUT2D eigenvalue weighted by atomic mass is 10.1. The molecular formula is C11H15FN2. The van der Waals surface area contributed by atoms with Crippen molar-refractivity contribution in [2.75, 3.05) is 19.6 Å². The summed E-state index contributed by atoms with van der Waals surface area (Å²) < 4.78 is 13.0. The van der Waals surface area contributed by atoms with Crippen LogP contribution in [0.2, 0.25) is 0 Å². The van der Waals surface area contributed by atoms with Gasteiger partial charge in [0.25, 0.3) is 0 Å². The molecule has 1 aromatic carbocycles. The van der Waals surface area contributed by atoms with Crippen LogP contribution < -0.4 is 10.6 Å². The van der Waals surface area contributed by atoms with Crippen molar-refractivity contribution in [3.63, 3.8) is 0 Å². The lowest BCUT2D eigenvalue weighted by Crippen LogP contribution is -2.27. The van der Waals surface area contributed by atoms with Crippen LogP contribution in [0, 0.1) is 5.82 Å². The van der Waals surface area contributed by atoms with E-state index in [1.54, 1.807) is 12.1 Å². The maximum absolute atomic E-state index is 13.0. The van der Waals surface area contributed by atoms with E-state index < -0.39 is 0 Å². The van der Waals surface area contributed by atoms with Crippen LogP contribution in [-0.2, 0) is 0 Å². The molecule has 1 heterocycles. The Morgan fingerprint density at radius 1 is 1.29 bits per heavy atom. The first kappa shape index (κ1) is 9.62. The monoisotopic (exact) mass is 194 g/mol. The van der Waals surface area contributed by atoms with Crippen molar-refractivity contribution in [3.05, 3.63) is 35.6 Å². The average Bonchev–Trinajstić information content (AvgIpc) is 2.45. The van der Waals surface area contributed by atoms with Crippen LogP contribution in [0.15, 0.2) is 24.3 Å². The van der Waals surface area contributed by atoms with Gasteiger partial charge in [-0.3, -0.25) is 0 Å². The second-order valence-electron chi connectivity index (χ2n) is 3.62. The Morgan fingerprint density at radius 3 is 3.07 bits per heavy atom. The van der Waals surface area contributed by atoms with Gasteiger partial charge < -0.3 is 10.6 Å². The molecule has 0 aliphatic carbocycles. The van der Waals surface area contributed by atoms with Crippen molar-refractivity contribution in [1.29, 1.82) is 0 Å². The molecule has 3 heteroatoms. The Bertz CT molecular complexity index is 293. The third kappa shape index (κ3) is 2.30. The van der Waals surface area contributed by atoms with Crippen molar-refractivity contribution in [3.8, 4) is 0 Å². The highest BCUT2D eigenvalue weighted by Gasteiger charge is 2.12. The van der Waals surface area contributed by atoms with Crippen LogP contribution in [0.4, 0.5) is 4.39 Å². The van der Waals surface area contributed by atoms with Gasteiger partial charge in [-0.15, -0.1) is 0 Å². The van der Waals surface area contributed by atoms with E-state index in [-0.39, 0.29) is 11.9 Å². The lowest BCUT2D eigenvalue weighted by molar-refractivity contribution is 0.545. The van der Waals surface area contributed by atoms with Crippen LogP contribution >= 0.6 is 0 Å². The molecule has 0 amide bonds. The maximum Gasteiger partial charge on any atom is 0.123 e. The van der Waals surface area contributed by atoms with E-state index in [1.807, 2.05) is 6.07 Å². The highest BCUT2D eigenvalue weighted by atomic mass is 19.1. The molecule has 1 atom stereocenters. The van der Waals surface area contributed by atoms with Crippen molar-refractivity contribution in [2.45, 2.75) is 12.5 Å². The van der Waals surface area contributed by atoms with Crippen LogP contribution in [0.5, 0.6) is 0 Å². The zero-order valence-corrected chi connectivity index (χ0v) is 8.09. The first-order chi connectivity index (χ1) is 6.86. The minimum absolute atomic E-state index is 0.159. The predicted octanol–water partition coefficient (Wildman–Crippen LogP) is 1.45. The second kappa shape index (κ2) is 4.53. The van der Waals surface area contributed by atoms with Crippen LogP contribution in [0.25, 0.3) is 0 Å². The third-order valence-electron chi connectivity index (χ3n) is 2.52. The van der Waals surface area contributed by atoms with E-state index in [2.05, 4.69) is 10.6 Å². The molecule has 1 aliphatic heterocycles. The SMILES string of the molecule is Fc1cccc([C@H]2CNCCCN2)c1. The second-order valence-corrected chi connectivity index (χ2v) is 3.62. The predicted molar refractivity (Wildman–Crippen MR) is 54.6 cm³/mol. The summed E-state index contributed by atoms with van der Waals surface area (Å²) >= 11 is 0. The van der Waals surface area contributed by atoms with E-state index in [9.17, 15) is 4.39 Å². The molecule has 0 saturated carbocycles. The summed E-state index contributed by atoms with van der Waals surface area (Å²) in [5, 5.41) is 6.73. The molecule has 1 saturated heterocycles. The minimum atomic E-state index is -0.159. The van der Waals surface area contributed by atoms with Gasteiger partial charge in [0, 0.05) is 12.6 Å². The minimum Gasteiger partial charge on any atom is -0.315 e. The smallest absolute Gasteiger partial charge is 0.123 e. The standard InChI is InChI=1S/C11H15FN2/c12-10-4-1-3-9(7-10)11-8-13-5-2-6-14-11/h1,3-4,7,11,13-14H,2,5-6,8H2/t11-/m1/s1. The van der Waals surface area contributed by atoms with Crippen LogP contribution in [0.3, 0.4) is 0 Å². The van der Waals surface area contributed by atoms with Gasteiger partial charge in [0.05, 0.1) is 0 Å². The van der Waals surface area contributed by atoms with E-state index in [0.717, 1.165) is 31.6 Å². The Kier molecular flexibility index (Phi) is 3.11. The summed E-state index contributed by atoms with van der Waals surface area (Å²) in [6, 6.07) is 7.05. The normalized spacial score (nSPS) is 23.1. The van der Waals surface area contributed by atoms with E-state index >= 15 is 0 Å². The molecule has 1 aromatic rings. The fourth-order valence-corrected chi connectivity index (χ4v) is 1.77. The van der Waals surface area contributed by atoms with Crippen molar-refractivity contribution in [1.82, 2.24) is 10.6 Å². The van der Waals surface area contributed by atoms with Crippen molar-refractivity contribution < 1.29 is 4.39 Å². The van der Waals surface area contributed by atoms with Gasteiger partial charge in [-0.2, -0.15) is 0 Å². The molecule has 0 aromatic heterocycles. The molecule has 1 fully saturated rings. The highest BCUT2D eigenvalue weighted by Crippen LogP contribution is 2.14. The molecule has 2 nitrogen and oxygen atoms in total. The zero-order valence-electron chi connectivity index (χ0n) is 8.09. The first-order valence-electron chi connectivity index (χ1n) is 5.06. The third-order valence-corrected chi connectivity index (χ3v) is 2.52. The number of benzene rings is 1. The number of hydrogen-bond acceptors (Lipinski definition) is 2. The molecule has 14 heavy (non-hydrogen) atoms. The van der Waals surface area contributed by atoms with Crippen LogP contribution in [0.1, 0.15) is 18.0 Å². The van der Waals surface area contributed by atoms with Gasteiger partial charge in [0.15, 0.2) is 0 Å². The molecule has 76 valence electrons. The average molecular weight is 194 g/mol. The molecule has 1 aliphatic rings. The summed E-state index contributed by atoms with van der Waals surface area (Å²) in [6.07, 6.45) is 1.13. The number of nitrogens with one attached hydrogen (secondary N) is 2. The fraction of sp³-hybridized carbons (Fsp3) is 0.455. The zero-order chi connectivity index (χ0) is 9.80. The number of halogens is 1. The van der Waals surface area contributed by atoms with E-state index in [0.29, 0.717) is 0 Å². The summed E-state index contributed by atoms with van der Waals surface area (Å²) in [6.45, 7) is 2.91. The first-order valence-corrected chi connectivity index (χ1v) is 5.06. The Morgan fingerprint density at radius 2 is 2.21 bits per heavy atom. The molecule has 0 bridgehead atoms. The molecule has 2 rings (SSSR count). The Balaban J connectivity index is 2.12. The molecular weight excluding hydrogens is 179 g/mol. The van der Waals surface area contributed by atoms with E-state index in [4.69, 9.17) is 0 Å². The fourth-order valence-electron chi connectivity index (χ4n) is 1.77. The lowest BCUT2D eigenvalue weighted by Gasteiger charge is -2.15. The van der Waals surface area contributed by atoms with Gasteiger partial charge in [0.1, 0.15) is 5.82 Å². The van der Waals surface area contributed by atoms with Crippen molar-refractivity contribution in [2.24, 2.45) is 0 Å². The van der Waals surface area contributed by atoms with Gasteiger partial charge in [-0.1, -0.05) is 12.1 Å². The van der Waals surface area contributed by atoms with Crippen LogP contribution in [-0.4, -0.2) is 19.6 Å². The Hall–Kier alpha value is -0.930. The summed E-state index contributed by atoms with van der Waals surface area (Å²) in [4.78, 5) is 0. The number of hydrogen-bond donors (Lipinski definition) is 2. The number of rotatable bonds is 1. The molecule has 2 N–H and O–H groups in total. The Labute approximate surface area is 83.5 Å². The largest absolute Gasteiger partial charge is 0.315 e. The molecule has 0 radical (unpaired) electrons.